The van der Waals surface area contributed by atoms with Crippen molar-refractivity contribution in [3.63, 3.8) is 0 Å². The van der Waals surface area contributed by atoms with Crippen molar-refractivity contribution in [2.24, 2.45) is 0 Å². The molecule has 2 aromatic heterocycles. The molecule has 3 aromatic rings. The largest absolute Gasteiger partial charge is 0.438 e. The van der Waals surface area contributed by atoms with Gasteiger partial charge in [-0.2, -0.15) is 0 Å². The number of nitrogens with one attached hydrogen (secondary N) is 1. The van der Waals surface area contributed by atoms with Crippen molar-refractivity contribution < 1.29 is 9.53 Å². The maximum Gasteiger partial charge on any atom is 0.256 e. The number of nitrogens with zero attached hydrogens (tertiary/aromatic N) is 2. The van der Waals surface area contributed by atoms with Gasteiger partial charge in [0, 0.05) is 23.5 Å². The van der Waals surface area contributed by atoms with Crippen molar-refractivity contribution in [3.8, 4) is 11.6 Å². The lowest BCUT2D eigenvalue weighted by atomic mass is 10.2. The molecule has 5 nitrogen and oxygen atoms in total. The first-order valence-electron chi connectivity index (χ1n) is 6.30. The van der Waals surface area contributed by atoms with E-state index in [1.54, 1.807) is 48.1 Å². The number of benzene rings is 1. The lowest BCUT2D eigenvalue weighted by Gasteiger charge is -2.06. The molecular weight excluding hydrogens is 366 g/mol. The lowest BCUT2D eigenvalue weighted by Crippen LogP contribution is -2.10. The summed E-state index contributed by atoms with van der Waals surface area (Å²) in [4.78, 5) is 20.0. The molecule has 2 heterocycles. The average Bonchev–Trinajstić information content (AvgIpc) is 2.97. The molecule has 0 bridgehead atoms. The Morgan fingerprint density at radius 1 is 1.23 bits per heavy atom. The minimum atomic E-state index is -0.149. The van der Waals surface area contributed by atoms with Crippen LogP contribution in [-0.2, 0) is 0 Å². The first kappa shape index (κ1) is 14.7. The van der Waals surface area contributed by atoms with Gasteiger partial charge in [-0.25, -0.2) is 4.98 Å². The highest BCUT2D eigenvalue weighted by molar-refractivity contribution is 9.11. The van der Waals surface area contributed by atoms with Gasteiger partial charge in [0.25, 0.3) is 5.91 Å². The van der Waals surface area contributed by atoms with Crippen LogP contribution in [0.25, 0.3) is 0 Å². The summed E-state index contributed by atoms with van der Waals surface area (Å²) in [7, 11) is 0. The van der Waals surface area contributed by atoms with E-state index in [0.717, 1.165) is 3.79 Å². The van der Waals surface area contributed by atoms with Gasteiger partial charge in [-0.1, -0.05) is 0 Å². The van der Waals surface area contributed by atoms with Gasteiger partial charge in [-0.15, -0.1) is 11.3 Å². The number of ether oxygens (including phenoxy) is 1. The van der Waals surface area contributed by atoms with Crippen LogP contribution in [-0.4, -0.2) is 15.9 Å². The fourth-order valence-electron chi connectivity index (χ4n) is 1.70. The highest BCUT2D eigenvalue weighted by Gasteiger charge is 2.08. The van der Waals surface area contributed by atoms with Crippen molar-refractivity contribution >= 4 is 38.9 Å². The summed E-state index contributed by atoms with van der Waals surface area (Å²) in [6.07, 6.45) is 4.67. The van der Waals surface area contributed by atoms with Crippen molar-refractivity contribution in [2.75, 3.05) is 5.32 Å². The van der Waals surface area contributed by atoms with Crippen LogP contribution in [0.3, 0.4) is 0 Å². The second kappa shape index (κ2) is 6.67. The molecule has 7 heteroatoms. The zero-order chi connectivity index (χ0) is 15.4. The molecule has 0 atom stereocenters. The quantitative estimate of drug-likeness (QED) is 0.736. The molecule has 110 valence electrons. The van der Waals surface area contributed by atoms with Gasteiger partial charge in [-0.05, 0) is 46.3 Å². The fourth-order valence-corrected chi connectivity index (χ4v) is 2.83. The van der Waals surface area contributed by atoms with Crippen molar-refractivity contribution in [1.29, 1.82) is 0 Å². The molecule has 0 aliphatic heterocycles. The van der Waals surface area contributed by atoms with Gasteiger partial charge in [0.15, 0.2) is 0 Å². The Morgan fingerprint density at radius 2 is 2.05 bits per heavy atom. The molecule has 3 rings (SSSR count). The first-order chi connectivity index (χ1) is 10.7. The Bertz CT molecular complexity index is 775. The standard InChI is InChI=1S/C15H10BrN3O2S/c16-13-7-10(9-22-13)15(20)19-11-1-3-12(4-2-11)21-14-8-17-5-6-18-14/h1-9H,(H,19,20). The molecule has 0 saturated heterocycles. The maximum atomic E-state index is 12.0. The normalized spacial score (nSPS) is 10.2. The second-order valence-electron chi connectivity index (χ2n) is 4.26. The molecule has 0 fully saturated rings. The maximum absolute atomic E-state index is 12.0. The van der Waals surface area contributed by atoms with E-state index in [9.17, 15) is 4.79 Å². The van der Waals surface area contributed by atoms with Crippen molar-refractivity contribution in [3.05, 3.63) is 63.7 Å². The molecule has 0 aliphatic rings. The molecule has 0 unspecified atom stereocenters. The highest BCUT2D eigenvalue weighted by atomic mass is 79.9. The third-order valence-electron chi connectivity index (χ3n) is 2.70. The summed E-state index contributed by atoms with van der Waals surface area (Å²) < 4.78 is 6.46. The lowest BCUT2D eigenvalue weighted by molar-refractivity contribution is 0.102. The van der Waals surface area contributed by atoms with E-state index in [4.69, 9.17) is 4.74 Å². The number of hydrogen-bond donors (Lipinski definition) is 1. The molecule has 0 spiro atoms. The van der Waals surface area contributed by atoms with Gasteiger partial charge in [-0.3, -0.25) is 9.78 Å². The van der Waals surface area contributed by atoms with Gasteiger partial charge < -0.3 is 10.1 Å². The average molecular weight is 376 g/mol. The predicted octanol–water partition coefficient (Wildman–Crippen LogP) is 4.35. The van der Waals surface area contributed by atoms with E-state index in [-0.39, 0.29) is 5.91 Å². The third kappa shape index (κ3) is 3.69. The summed E-state index contributed by atoms with van der Waals surface area (Å²) >= 11 is 4.81. The summed E-state index contributed by atoms with van der Waals surface area (Å²) in [6.45, 7) is 0. The molecule has 1 aromatic carbocycles. The molecule has 1 amide bonds. The Hall–Kier alpha value is -2.25. The van der Waals surface area contributed by atoms with Gasteiger partial charge in [0.2, 0.25) is 5.88 Å². The van der Waals surface area contributed by atoms with Crippen LogP contribution in [0.2, 0.25) is 0 Å². The smallest absolute Gasteiger partial charge is 0.256 e. The number of carbonyl (C=O) groups excluding carboxylic acids is 1. The van der Waals surface area contributed by atoms with E-state index in [1.807, 2.05) is 0 Å². The number of thiophene rings is 1. The molecule has 0 aliphatic carbocycles. The van der Waals surface area contributed by atoms with Crippen LogP contribution >= 0.6 is 27.3 Å². The Balaban J connectivity index is 1.65. The van der Waals surface area contributed by atoms with E-state index in [2.05, 4.69) is 31.2 Å². The molecule has 22 heavy (non-hydrogen) atoms. The Kier molecular flexibility index (Phi) is 4.45. The number of anilines is 1. The third-order valence-corrected chi connectivity index (χ3v) is 4.21. The topological polar surface area (TPSA) is 64.1 Å². The zero-order valence-electron chi connectivity index (χ0n) is 11.2. The summed E-state index contributed by atoms with van der Waals surface area (Å²) in [5.74, 6) is 0.892. The van der Waals surface area contributed by atoms with Crippen LogP contribution in [0.1, 0.15) is 10.4 Å². The number of carbonyl (C=O) groups is 1. The van der Waals surface area contributed by atoms with Crippen LogP contribution in [0.4, 0.5) is 5.69 Å². The van der Waals surface area contributed by atoms with Gasteiger partial charge in [0.05, 0.1) is 15.5 Å². The molecule has 0 saturated carbocycles. The Labute approximate surface area is 139 Å². The minimum Gasteiger partial charge on any atom is -0.438 e. The van der Waals surface area contributed by atoms with E-state index >= 15 is 0 Å². The molecule has 1 N–H and O–H groups in total. The van der Waals surface area contributed by atoms with Crippen molar-refractivity contribution in [1.82, 2.24) is 9.97 Å². The second-order valence-corrected chi connectivity index (χ2v) is 6.55. The summed E-state index contributed by atoms with van der Waals surface area (Å²) in [5, 5.41) is 4.62. The SMILES string of the molecule is O=C(Nc1ccc(Oc2cnccn2)cc1)c1csc(Br)c1. The van der Waals surface area contributed by atoms with Crippen LogP contribution in [0.5, 0.6) is 11.6 Å². The van der Waals surface area contributed by atoms with Gasteiger partial charge >= 0.3 is 0 Å². The van der Waals surface area contributed by atoms with Crippen LogP contribution in [0, 0.1) is 0 Å². The van der Waals surface area contributed by atoms with E-state index in [0.29, 0.717) is 22.9 Å². The Morgan fingerprint density at radius 3 is 2.68 bits per heavy atom. The molecule has 0 radical (unpaired) electrons. The predicted molar refractivity (Wildman–Crippen MR) is 88.5 cm³/mol. The number of rotatable bonds is 4. The number of aromatic nitrogens is 2. The first-order valence-corrected chi connectivity index (χ1v) is 7.97. The monoisotopic (exact) mass is 375 g/mol. The van der Waals surface area contributed by atoms with Gasteiger partial charge in [0.1, 0.15) is 5.75 Å². The minimum absolute atomic E-state index is 0.149. The van der Waals surface area contributed by atoms with E-state index in [1.165, 1.54) is 17.5 Å². The van der Waals surface area contributed by atoms with Crippen molar-refractivity contribution in [2.45, 2.75) is 0 Å². The number of hydrogen-bond acceptors (Lipinski definition) is 5. The van der Waals surface area contributed by atoms with E-state index < -0.39 is 0 Å². The summed E-state index contributed by atoms with van der Waals surface area (Å²) in [5.41, 5.74) is 1.32. The highest BCUT2D eigenvalue weighted by Crippen LogP contribution is 2.23. The van der Waals surface area contributed by atoms with Crippen LogP contribution in [0.15, 0.2) is 58.1 Å². The number of amides is 1. The van der Waals surface area contributed by atoms with Crippen LogP contribution < -0.4 is 10.1 Å². The number of halogens is 1. The zero-order valence-corrected chi connectivity index (χ0v) is 13.6. The summed E-state index contributed by atoms with van der Waals surface area (Å²) in [6, 6.07) is 8.84. The fraction of sp³-hybridized carbons (Fsp3) is 0. The molecular formula is C15H10BrN3O2S.